The molecule has 7 nitrogen and oxygen atoms in total. The SMILES string of the molecule is O=C(Nc1cccc(F)c1)c1nnc([C@H]2CCCN2S(=O)(=O)c2ccc(F)c(Cl)c2)s1. The Morgan fingerprint density at radius 3 is 2.74 bits per heavy atom. The monoisotopic (exact) mass is 484 g/mol. The number of hydrogen-bond donors (Lipinski definition) is 1. The molecule has 0 bridgehead atoms. The second-order valence-electron chi connectivity index (χ2n) is 6.76. The van der Waals surface area contributed by atoms with Crippen molar-refractivity contribution in [2.24, 2.45) is 0 Å². The van der Waals surface area contributed by atoms with E-state index < -0.39 is 33.6 Å². The first-order chi connectivity index (χ1) is 14.8. The number of carbonyl (C=O) groups excluding carboxylic acids is 1. The number of aromatic nitrogens is 2. The Bertz CT molecular complexity index is 1250. The molecule has 1 aliphatic heterocycles. The topological polar surface area (TPSA) is 92.3 Å². The Morgan fingerprint density at radius 2 is 2.00 bits per heavy atom. The molecule has 2 aromatic carbocycles. The van der Waals surface area contributed by atoms with Gasteiger partial charge in [-0.25, -0.2) is 17.2 Å². The van der Waals surface area contributed by atoms with E-state index in [2.05, 4.69) is 15.5 Å². The quantitative estimate of drug-likeness (QED) is 0.584. The van der Waals surface area contributed by atoms with Gasteiger partial charge in [0.1, 0.15) is 16.6 Å². The average molecular weight is 485 g/mol. The average Bonchev–Trinajstić information content (AvgIpc) is 3.39. The van der Waals surface area contributed by atoms with Gasteiger partial charge in [0, 0.05) is 12.2 Å². The normalized spacial score (nSPS) is 17.1. The number of nitrogens with one attached hydrogen (secondary N) is 1. The van der Waals surface area contributed by atoms with Gasteiger partial charge >= 0.3 is 0 Å². The predicted molar refractivity (Wildman–Crippen MR) is 112 cm³/mol. The first kappa shape index (κ1) is 21.8. The highest BCUT2D eigenvalue weighted by molar-refractivity contribution is 7.89. The summed E-state index contributed by atoms with van der Waals surface area (Å²) in [5.41, 5.74) is 0.264. The van der Waals surface area contributed by atoms with E-state index in [0.29, 0.717) is 17.8 Å². The van der Waals surface area contributed by atoms with Gasteiger partial charge in [-0.3, -0.25) is 4.79 Å². The van der Waals surface area contributed by atoms with E-state index >= 15 is 0 Å². The van der Waals surface area contributed by atoms with Crippen LogP contribution in [0.15, 0.2) is 47.4 Å². The van der Waals surface area contributed by atoms with Crippen molar-refractivity contribution in [2.75, 3.05) is 11.9 Å². The van der Waals surface area contributed by atoms with Crippen molar-refractivity contribution in [1.29, 1.82) is 0 Å². The summed E-state index contributed by atoms with van der Waals surface area (Å²) in [6.45, 7) is 0.242. The van der Waals surface area contributed by atoms with Gasteiger partial charge in [-0.2, -0.15) is 4.31 Å². The van der Waals surface area contributed by atoms with Crippen LogP contribution in [0.1, 0.15) is 33.7 Å². The molecular formula is C19H15ClF2N4O3S2. The number of rotatable bonds is 5. The lowest BCUT2D eigenvalue weighted by Gasteiger charge is -2.22. The second-order valence-corrected chi connectivity index (χ2v) is 10.1. The van der Waals surface area contributed by atoms with E-state index in [1.165, 1.54) is 28.6 Å². The molecule has 1 N–H and O–H groups in total. The third-order valence-corrected chi connectivity index (χ3v) is 7.92. The first-order valence-electron chi connectivity index (χ1n) is 9.13. The zero-order valence-electron chi connectivity index (χ0n) is 15.8. The van der Waals surface area contributed by atoms with Crippen LogP contribution in [0.5, 0.6) is 0 Å². The predicted octanol–water partition coefficient (Wildman–Crippen LogP) is 4.25. The van der Waals surface area contributed by atoms with Crippen molar-refractivity contribution in [3.05, 3.63) is 69.1 Å². The van der Waals surface area contributed by atoms with Gasteiger partial charge < -0.3 is 5.32 Å². The minimum atomic E-state index is -3.96. The lowest BCUT2D eigenvalue weighted by Crippen LogP contribution is -2.30. The van der Waals surface area contributed by atoms with Crippen molar-refractivity contribution in [1.82, 2.24) is 14.5 Å². The van der Waals surface area contributed by atoms with Gasteiger partial charge in [-0.15, -0.1) is 10.2 Å². The van der Waals surface area contributed by atoms with Gasteiger partial charge in [0.25, 0.3) is 5.91 Å². The van der Waals surface area contributed by atoms with Crippen molar-refractivity contribution < 1.29 is 22.0 Å². The first-order valence-corrected chi connectivity index (χ1v) is 11.8. The minimum absolute atomic E-state index is 0.0216. The summed E-state index contributed by atoms with van der Waals surface area (Å²) in [4.78, 5) is 12.3. The molecule has 0 unspecified atom stereocenters. The Morgan fingerprint density at radius 1 is 1.19 bits per heavy atom. The largest absolute Gasteiger partial charge is 0.320 e. The van der Waals surface area contributed by atoms with E-state index in [0.717, 1.165) is 29.5 Å². The Labute approximate surface area is 185 Å². The van der Waals surface area contributed by atoms with Crippen LogP contribution >= 0.6 is 22.9 Å². The number of anilines is 1. The highest BCUT2D eigenvalue weighted by Crippen LogP contribution is 2.38. The van der Waals surface area contributed by atoms with Crippen LogP contribution in [-0.2, 0) is 10.0 Å². The van der Waals surface area contributed by atoms with Crippen LogP contribution in [0.3, 0.4) is 0 Å². The fourth-order valence-electron chi connectivity index (χ4n) is 3.26. The molecule has 4 rings (SSSR count). The maximum atomic E-state index is 13.4. The number of carbonyl (C=O) groups is 1. The van der Waals surface area contributed by atoms with E-state index in [1.807, 2.05) is 0 Å². The lowest BCUT2D eigenvalue weighted by atomic mass is 10.2. The smallest absolute Gasteiger partial charge is 0.286 e. The zero-order chi connectivity index (χ0) is 22.2. The summed E-state index contributed by atoms with van der Waals surface area (Å²) in [6, 6.07) is 8.02. The molecule has 0 aliphatic carbocycles. The Balaban J connectivity index is 1.56. The minimum Gasteiger partial charge on any atom is -0.320 e. The maximum absolute atomic E-state index is 13.4. The van der Waals surface area contributed by atoms with Crippen LogP contribution in [-0.4, -0.2) is 35.4 Å². The third kappa shape index (κ3) is 4.45. The third-order valence-electron chi connectivity index (χ3n) is 4.70. The fraction of sp³-hybridized carbons (Fsp3) is 0.211. The van der Waals surface area contributed by atoms with Crippen LogP contribution in [0.4, 0.5) is 14.5 Å². The Hall–Kier alpha value is -2.47. The number of nitrogens with zero attached hydrogens (tertiary/aromatic N) is 3. The molecule has 0 saturated carbocycles. The van der Waals surface area contributed by atoms with Gasteiger partial charge in [0.05, 0.1) is 16.0 Å². The van der Waals surface area contributed by atoms with Crippen LogP contribution in [0.2, 0.25) is 5.02 Å². The van der Waals surface area contributed by atoms with Gasteiger partial charge in [-0.1, -0.05) is 29.0 Å². The van der Waals surface area contributed by atoms with Gasteiger partial charge in [-0.05, 0) is 49.2 Å². The van der Waals surface area contributed by atoms with Gasteiger partial charge in [0.2, 0.25) is 15.0 Å². The molecule has 162 valence electrons. The number of hydrogen-bond acceptors (Lipinski definition) is 6. The second kappa shape index (κ2) is 8.58. The molecule has 0 radical (unpaired) electrons. The number of amides is 1. The van der Waals surface area contributed by atoms with E-state index in [-0.39, 0.29) is 27.2 Å². The zero-order valence-corrected chi connectivity index (χ0v) is 18.1. The lowest BCUT2D eigenvalue weighted by molar-refractivity contribution is 0.102. The molecule has 3 aromatic rings. The van der Waals surface area contributed by atoms with Crippen molar-refractivity contribution in [2.45, 2.75) is 23.8 Å². The highest BCUT2D eigenvalue weighted by atomic mass is 35.5. The van der Waals surface area contributed by atoms with Crippen molar-refractivity contribution in [3.8, 4) is 0 Å². The van der Waals surface area contributed by atoms with Crippen molar-refractivity contribution in [3.63, 3.8) is 0 Å². The van der Waals surface area contributed by atoms with E-state index in [4.69, 9.17) is 11.6 Å². The fourth-order valence-corrected chi connectivity index (χ4v) is 6.14. The summed E-state index contributed by atoms with van der Waals surface area (Å²) in [5.74, 6) is -1.79. The molecule has 2 heterocycles. The molecule has 1 fully saturated rings. The van der Waals surface area contributed by atoms with E-state index in [1.54, 1.807) is 0 Å². The van der Waals surface area contributed by atoms with Gasteiger partial charge in [0.15, 0.2) is 0 Å². The summed E-state index contributed by atoms with van der Waals surface area (Å²) in [5, 5.41) is 10.5. The number of sulfonamides is 1. The van der Waals surface area contributed by atoms with Crippen LogP contribution in [0, 0.1) is 11.6 Å². The molecule has 12 heteroatoms. The standard InChI is InChI=1S/C19H15ClF2N4O3S2/c20-14-10-13(6-7-15(14)22)31(28,29)26-8-2-5-16(26)18-24-25-19(30-18)17(27)23-12-4-1-3-11(21)9-12/h1,3-4,6-7,9-10,16H,2,5,8H2,(H,23,27)/t16-/m1/s1. The summed E-state index contributed by atoms with van der Waals surface area (Å²) in [7, 11) is -3.96. The molecule has 0 spiro atoms. The molecule has 1 amide bonds. The highest BCUT2D eigenvalue weighted by Gasteiger charge is 2.38. The number of benzene rings is 2. The molecule has 31 heavy (non-hydrogen) atoms. The van der Waals surface area contributed by atoms with Crippen molar-refractivity contribution >= 4 is 44.6 Å². The Kier molecular flexibility index (Phi) is 6.02. The molecule has 1 atom stereocenters. The summed E-state index contributed by atoms with van der Waals surface area (Å²) < 4.78 is 54.2. The number of halogens is 3. The summed E-state index contributed by atoms with van der Waals surface area (Å²) >= 11 is 6.71. The summed E-state index contributed by atoms with van der Waals surface area (Å²) in [6.07, 6.45) is 1.08. The molecule has 1 saturated heterocycles. The molecule has 1 aliphatic rings. The molecule has 1 aromatic heterocycles. The van der Waals surface area contributed by atoms with E-state index in [9.17, 15) is 22.0 Å². The van der Waals surface area contributed by atoms with Crippen LogP contribution in [0.25, 0.3) is 0 Å². The maximum Gasteiger partial charge on any atom is 0.286 e. The van der Waals surface area contributed by atoms with Crippen LogP contribution < -0.4 is 5.32 Å². The molecular weight excluding hydrogens is 470 g/mol.